The predicted molar refractivity (Wildman–Crippen MR) is 66.0 cm³/mol. The molecule has 0 unspecified atom stereocenters. The van der Waals surface area contributed by atoms with Gasteiger partial charge in [0, 0.05) is 10.7 Å². The van der Waals surface area contributed by atoms with Crippen LogP contribution in [0.25, 0.3) is 5.69 Å². The summed E-state index contributed by atoms with van der Waals surface area (Å²) < 4.78 is 24.0. The van der Waals surface area contributed by atoms with E-state index in [0.717, 1.165) is 10.9 Å². The van der Waals surface area contributed by atoms with E-state index in [1.54, 1.807) is 24.3 Å². The summed E-state index contributed by atoms with van der Waals surface area (Å²) in [5, 5.41) is 21.1. The monoisotopic (exact) mass is 292 g/mol. The number of rotatable bonds is 2. The van der Waals surface area contributed by atoms with Crippen molar-refractivity contribution in [2.75, 3.05) is 0 Å². The van der Waals surface area contributed by atoms with Crippen LogP contribution in [-0.2, 0) is 9.05 Å². The molecule has 0 saturated carbocycles. The zero-order valence-electron chi connectivity index (χ0n) is 9.28. The van der Waals surface area contributed by atoms with Crippen LogP contribution in [0.4, 0.5) is 0 Å². The van der Waals surface area contributed by atoms with E-state index in [2.05, 4.69) is 5.10 Å². The fraction of sp³-hybridized carbons (Fsp3) is 0. The van der Waals surface area contributed by atoms with Crippen LogP contribution >= 0.6 is 10.7 Å². The molecular formula is C11H5ClN4O2S. The second-order valence-electron chi connectivity index (χ2n) is 3.49. The molecule has 1 heterocycles. The lowest BCUT2D eigenvalue weighted by Crippen LogP contribution is -2.06. The van der Waals surface area contributed by atoms with Gasteiger partial charge in [0.05, 0.1) is 23.5 Å². The molecule has 0 bridgehead atoms. The molecule has 19 heavy (non-hydrogen) atoms. The first-order chi connectivity index (χ1) is 8.97. The summed E-state index contributed by atoms with van der Waals surface area (Å²) in [7, 11) is 1.17. The topological polar surface area (TPSA) is 99.5 Å². The molecule has 8 heteroatoms. The van der Waals surface area contributed by atoms with Crippen molar-refractivity contribution in [1.29, 1.82) is 10.5 Å². The van der Waals surface area contributed by atoms with E-state index in [4.69, 9.17) is 21.2 Å². The lowest BCUT2D eigenvalue weighted by Gasteiger charge is -2.05. The Morgan fingerprint density at radius 1 is 1.26 bits per heavy atom. The lowest BCUT2D eigenvalue weighted by atomic mass is 10.2. The van der Waals surface area contributed by atoms with E-state index in [1.165, 1.54) is 6.07 Å². The molecule has 0 aliphatic rings. The van der Waals surface area contributed by atoms with Crippen molar-refractivity contribution in [2.45, 2.75) is 5.03 Å². The number of benzene rings is 1. The first kappa shape index (κ1) is 13.1. The highest BCUT2D eigenvalue weighted by Gasteiger charge is 2.23. The van der Waals surface area contributed by atoms with Crippen LogP contribution < -0.4 is 0 Å². The number of nitriles is 2. The summed E-state index contributed by atoms with van der Waals surface area (Å²) in [4.78, 5) is 0. The van der Waals surface area contributed by atoms with Gasteiger partial charge in [0.15, 0.2) is 5.03 Å². The average molecular weight is 293 g/mol. The minimum Gasteiger partial charge on any atom is -0.219 e. The third-order valence-corrected chi connectivity index (χ3v) is 3.59. The Hall–Kier alpha value is -2.35. The Morgan fingerprint density at radius 3 is 2.58 bits per heavy atom. The molecule has 1 aromatic heterocycles. The quantitative estimate of drug-likeness (QED) is 0.782. The minimum atomic E-state index is -4.13. The van der Waals surface area contributed by atoms with Gasteiger partial charge in [0.1, 0.15) is 11.6 Å². The fourth-order valence-electron chi connectivity index (χ4n) is 1.54. The molecular weight excluding hydrogens is 288 g/mol. The Bertz CT molecular complexity index is 827. The first-order valence-electron chi connectivity index (χ1n) is 4.90. The maximum atomic E-state index is 11.5. The van der Waals surface area contributed by atoms with Crippen LogP contribution in [0.5, 0.6) is 0 Å². The molecule has 0 radical (unpaired) electrons. The van der Waals surface area contributed by atoms with Gasteiger partial charge in [-0.1, -0.05) is 6.07 Å². The summed E-state index contributed by atoms with van der Waals surface area (Å²) in [5.41, 5.74) is 0.515. The Labute approximate surface area is 113 Å². The summed E-state index contributed by atoms with van der Waals surface area (Å²) in [5.74, 6) is 0. The first-order valence-corrected chi connectivity index (χ1v) is 7.21. The molecule has 1 aromatic carbocycles. The van der Waals surface area contributed by atoms with Crippen LogP contribution in [0.1, 0.15) is 11.1 Å². The van der Waals surface area contributed by atoms with Gasteiger partial charge in [-0.15, -0.1) is 0 Å². The molecule has 2 aromatic rings. The molecule has 0 N–H and O–H groups in total. The van der Waals surface area contributed by atoms with Gasteiger partial charge in [-0.05, 0) is 18.2 Å². The zero-order chi connectivity index (χ0) is 14.0. The maximum absolute atomic E-state index is 11.5. The number of halogens is 1. The summed E-state index contributed by atoms with van der Waals surface area (Å²) in [6.07, 6.45) is 1.11. The Morgan fingerprint density at radius 2 is 2.00 bits per heavy atom. The molecule has 0 aliphatic carbocycles. The summed E-state index contributed by atoms with van der Waals surface area (Å²) >= 11 is 0. The molecule has 2 rings (SSSR count). The SMILES string of the molecule is N#Cc1cccc(-n2ncc(C#N)c2S(=O)(=O)Cl)c1. The molecule has 0 saturated heterocycles. The number of hydrogen-bond acceptors (Lipinski definition) is 5. The van der Waals surface area contributed by atoms with E-state index in [-0.39, 0.29) is 5.56 Å². The fourth-order valence-corrected chi connectivity index (χ4v) is 2.71. The normalized spacial score (nSPS) is 10.7. The molecule has 0 atom stereocenters. The number of nitrogens with zero attached hydrogens (tertiary/aromatic N) is 4. The Balaban J connectivity index is 2.75. The highest BCUT2D eigenvalue weighted by atomic mass is 35.7. The number of hydrogen-bond donors (Lipinski definition) is 0. The van der Waals surface area contributed by atoms with E-state index in [1.807, 2.05) is 6.07 Å². The lowest BCUT2D eigenvalue weighted by molar-refractivity contribution is 0.599. The van der Waals surface area contributed by atoms with Gasteiger partial charge in [0.2, 0.25) is 0 Å². The van der Waals surface area contributed by atoms with Gasteiger partial charge in [-0.3, -0.25) is 0 Å². The molecule has 94 valence electrons. The van der Waals surface area contributed by atoms with Crippen molar-refractivity contribution in [1.82, 2.24) is 9.78 Å². The van der Waals surface area contributed by atoms with Crippen LogP contribution in [0, 0.1) is 22.7 Å². The van der Waals surface area contributed by atoms with Crippen molar-refractivity contribution in [2.24, 2.45) is 0 Å². The second-order valence-corrected chi connectivity index (χ2v) is 5.97. The van der Waals surface area contributed by atoms with Gasteiger partial charge in [-0.25, -0.2) is 13.1 Å². The van der Waals surface area contributed by atoms with Crippen LogP contribution in [-0.4, -0.2) is 18.2 Å². The van der Waals surface area contributed by atoms with Crippen molar-refractivity contribution < 1.29 is 8.42 Å². The van der Waals surface area contributed by atoms with E-state index in [9.17, 15) is 8.42 Å². The Kier molecular flexibility index (Phi) is 3.26. The maximum Gasteiger partial charge on any atom is 0.280 e. The van der Waals surface area contributed by atoms with Crippen LogP contribution in [0.15, 0.2) is 35.5 Å². The molecule has 0 spiro atoms. The van der Waals surface area contributed by atoms with E-state index >= 15 is 0 Å². The van der Waals surface area contributed by atoms with Crippen molar-refractivity contribution in [3.8, 4) is 17.8 Å². The third kappa shape index (κ3) is 2.43. The highest BCUT2D eigenvalue weighted by molar-refractivity contribution is 8.13. The van der Waals surface area contributed by atoms with E-state index in [0.29, 0.717) is 11.3 Å². The van der Waals surface area contributed by atoms with E-state index < -0.39 is 14.1 Å². The van der Waals surface area contributed by atoms with Gasteiger partial charge < -0.3 is 0 Å². The van der Waals surface area contributed by atoms with Crippen LogP contribution in [0.2, 0.25) is 0 Å². The van der Waals surface area contributed by atoms with Crippen molar-refractivity contribution in [3.63, 3.8) is 0 Å². The average Bonchev–Trinajstić information content (AvgIpc) is 2.82. The van der Waals surface area contributed by atoms with Gasteiger partial charge in [0.25, 0.3) is 9.05 Å². The summed E-state index contributed by atoms with van der Waals surface area (Å²) in [6.45, 7) is 0. The second kappa shape index (κ2) is 4.73. The smallest absolute Gasteiger partial charge is 0.219 e. The van der Waals surface area contributed by atoms with Gasteiger partial charge >= 0.3 is 0 Å². The largest absolute Gasteiger partial charge is 0.280 e. The molecule has 6 nitrogen and oxygen atoms in total. The summed E-state index contributed by atoms with van der Waals surface area (Å²) in [6, 6.07) is 9.77. The van der Waals surface area contributed by atoms with Crippen LogP contribution in [0.3, 0.4) is 0 Å². The molecule has 0 amide bonds. The molecule has 0 fully saturated rings. The third-order valence-electron chi connectivity index (χ3n) is 2.30. The van der Waals surface area contributed by atoms with Crippen molar-refractivity contribution in [3.05, 3.63) is 41.6 Å². The highest BCUT2D eigenvalue weighted by Crippen LogP contribution is 2.23. The predicted octanol–water partition coefficient (Wildman–Crippen LogP) is 1.54. The standard InChI is InChI=1S/C11H5ClN4O2S/c12-19(17,18)11-9(6-14)7-15-16(11)10-3-1-2-8(4-10)5-13/h1-4,7H. The molecule has 0 aliphatic heterocycles. The zero-order valence-corrected chi connectivity index (χ0v) is 10.9. The van der Waals surface area contributed by atoms with Crippen molar-refractivity contribution >= 4 is 19.7 Å². The number of aromatic nitrogens is 2. The minimum absolute atomic E-state index is 0.155. The van der Waals surface area contributed by atoms with Gasteiger partial charge in [-0.2, -0.15) is 15.6 Å².